The highest BCUT2D eigenvalue weighted by Gasteiger charge is 2.20. The van der Waals surface area contributed by atoms with E-state index in [0.29, 0.717) is 24.4 Å². The van der Waals surface area contributed by atoms with E-state index in [2.05, 4.69) is 38.2 Å². The van der Waals surface area contributed by atoms with Gasteiger partial charge >= 0.3 is 0 Å². The van der Waals surface area contributed by atoms with E-state index < -0.39 is 0 Å². The van der Waals surface area contributed by atoms with Gasteiger partial charge in [0, 0.05) is 24.1 Å². The fourth-order valence-corrected chi connectivity index (χ4v) is 4.79. The molecule has 1 fully saturated rings. The molecule has 170 valence electrons. The van der Waals surface area contributed by atoms with Crippen LogP contribution < -0.4 is 15.0 Å². The Morgan fingerprint density at radius 1 is 1.25 bits per heavy atom. The lowest BCUT2D eigenvalue weighted by Crippen LogP contribution is -2.30. The molecule has 1 aromatic carbocycles. The van der Waals surface area contributed by atoms with Gasteiger partial charge in [0.1, 0.15) is 11.6 Å². The fourth-order valence-electron chi connectivity index (χ4n) is 3.80. The summed E-state index contributed by atoms with van der Waals surface area (Å²) < 4.78 is 7.80. The van der Waals surface area contributed by atoms with Gasteiger partial charge in [-0.15, -0.1) is 0 Å². The monoisotopic (exact) mass is 518 g/mol. The van der Waals surface area contributed by atoms with Crippen molar-refractivity contribution in [3.8, 4) is 5.75 Å². The molecule has 2 aromatic heterocycles. The predicted octanol–water partition coefficient (Wildman–Crippen LogP) is 4.13. The zero-order valence-corrected chi connectivity index (χ0v) is 20.7. The standard InChI is InChI=1S/C22H27BrN6O2S/c1-3-32-22-26-19(28-10-5-4-6-11-28)17-14-25-29(20(17)27-22)12-9-24-21(30)16-13-15(31-2)7-8-18(16)23/h7-8,13-14H,3-6,9-12H2,1-2H3,(H,24,30). The molecule has 1 N–H and O–H groups in total. The lowest BCUT2D eigenvalue weighted by molar-refractivity contribution is 0.0951. The molecule has 4 rings (SSSR count). The van der Waals surface area contributed by atoms with Crippen molar-refractivity contribution >= 4 is 50.5 Å². The summed E-state index contributed by atoms with van der Waals surface area (Å²) in [5.41, 5.74) is 1.35. The van der Waals surface area contributed by atoms with Gasteiger partial charge < -0.3 is 15.0 Å². The predicted molar refractivity (Wildman–Crippen MR) is 131 cm³/mol. The van der Waals surface area contributed by atoms with E-state index in [0.717, 1.165) is 45.3 Å². The van der Waals surface area contributed by atoms with Crippen molar-refractivity contribution in [2.75, 3.05) is 37.4 Å². The molecule has 0 radical (unpaired) electrons. The second kappa shape index (κ2) is 10.5. The Morgan fingerprint density at radius 2 is 2.06 bits per heavy atom. The molecule has 1 amide bonds. The molecule has 0 atom stereocenters. The highest BCUT2D eigenvalue weighted by atomic mass is 79.9. The highest BCUT2D eigenvalue weighted by Crippen LogP contribution is 2.29. The Labute approximate surface area is 200 Å². The summed E-state index contributed by atoms with van der Waals surface area (Å²) in [7, 11) is 1.58. The zero-order chi connectivity index (χ0) is 22.5. The number of benzene rings is 1. The van der Waals surface area contributed by atoms with Gasteiger partial charge in [0.15, 0.2) is 10.8 Å². The van der Waals surface area contributed by atoms with Crippen molar-refractivity contribution in [2.24, 2.45) is 0 Å². The summed E-state index contributed by atoms with van der Waals surface area (Å²) in [6, 6.07) is 5.33. The Kier molecular flexibility index (Phi) is 7.51. The van der Waals surface area contributed by atoms with Crippen LogP contribution in [-0.2, 0) is 6.54 Å². The number of thioether (sulfide) groups is 1. The number of rotatable bonds is 8. The SMILES string of the molecule is CCSc1nc(N2CCCCC2)c2cnn(CCNC(=O)c3cc(OC)ccc3Br)c2n1. The maximum absolute atomic E-state index is 12.7. The number of nitrogens with zero attached hydrogens (tertiary/aromatic N) is 5. The minimum Gasteiger partial charge on any atom is -0.497 e. The summed E-state index contributed by atoms with van der Waals surface area (Å²) in [5.74, 6) is 2.35. The molecule has 3 aromatic rings. The number of amides is 1. The molecule has 1 saturated heterocycles. The highest BCUT2D eigenvalue weighted by molar-refractivity contribution is 9.10. The van der Waals surface area contributed by atoms with Crippen LogP contribution in [0.25, 0.3) is 11.0 Å². The van der Waals surface area contributed by atoms with Crippen LogP contribution >= 0.6 is 27.7 Å². The molecular formula is C22H27BrN6O2S. The number of fused-ring (bicyclic) bond motifs is 1. The number of piperidine rings is 1. The van der Waals surface area contributed by atoms with Crippen molar-refractivity contribution in [3.05, 3.63) is 34.4 Å². The molecule has 1 aliphatic rings. The summed E-state index contributed by atoms with van der Waals surface area (Å²) in [5, 5.41) is 9.27. The van der Waals surface area contributed by atoms with E-state index in [1.54, 1.807) is 31.0 Å². The molecule has 32 heavy (non-hydrogen) atoms. The van der Waals surface area contributed by atoms with Gasteiger partial charge in [-0.05, 0) is 59.1 Å². The van der Waals surface area contributed by atoms with Crippen molar-refractivity contribution in [3.63, 3.8) is 0 Å². The van der Waals surface area contributed by atoms with Gasteiger partial charge in [-0.1, -0.05) is 18.7 Å². The second-order valence-electron chi connectivity index (χ2n) is 7.52. The largest absolute Gasteiger partial charge is 0.497 e. The quantitative estimate of drug-likeness (QED) is 0.354. The first-order valence-electron chi connectivity index (χ1n) is 10.8. The van der Waals surface area contributed by atoms with Crippen molar-refractivity contribution in [1.82, 2.24) is 25.1 Å². The number of ether oxygens (including phenoxy) is 1. The minimum atomic E-state index is -0.168. The van der Waals surface area contributed by atoms with Crippen LogP contribution in [0.1, 0.15) is 36.5 Å². The number of anilines is 1. The van der Waals surface area contributed by atoms with Crippen molar-refractivity contribution in [2.45, 2.75) is 37.9 Å². The number of carbonyl (C=O) groups is 1. The summed E-state index contributed by atoms with van der Waals surface area (Å²) in [6.45, 7) is 5.07. The molecular weight excluding hydrogens is 492 g/mol. The van der Waals surface area contributed by atoms with Gasteiger partial charge in [-0.2, -0.15) is 5.10 Å². The first kappa shape index (κ1) is 22.8. The fraction of sp³-hybridized carbons (Fsp3) is 0.455. The van der Waals surface area contributed by atoms with Gasteiger partial charge in [0.25, 0.3) is 5.91 Å². The van der Waals surface area contributed by atoms with Gasteiger partial charge in [0.2, 0.25) is 0 Å². The molecule has 0 aliphatic carbocycles. The normalized spacial score (nSPS) is 14.0. The van der Waals surface area contributed by atoms with E-state index in [-0.39, 0.29) is 5.91 Å². The summed E-state index contributed by atoms with van der Waals surface area (Å²) in [4.78, 5) is 24.6. The van der Waals surface area contributed by atoms with E-state index in [1.807, 2.05) is 16.9 Å². The van der Waals surface area contributed by atoms with E-state index in [9.17, 15) is 4.79 Å². The van der Waals surface area contributed by atoms with Crippen LogP contribution in [0, 0.1) is 0 Å². The average molecular weight is 519 g/mol. The van der Waals surface area contributed by atoms with Crippen LogP contribution in [0.15, 0.2) is 34.0 Å². The van der Waals surface area contributed by atoms with E-state index in [1.165, 1.54) is 19.3 Å². The van der Waals surface area contributed by atoms with Gasteiger partial charge in [-0.3, -0.25) is 4.79 Å². The maximum atomic E-state index is 12.7. The molecule has 3 heterocycles. The molecule has 10 heteroatoms. The number of hydrogen-bond acceptors (Lipinski definition) is 7. The number of carbonyl (C=O) groups excluding carboxylic acids is 1. The number of methoxy groups -OCH3 is 1. The number of hydrogen-bond donors (Lipinski definition) is 1. The maximum Gasteiger partial charge on any atom is 0.252 e. The number of halogens is 1. The lowest BCUT2D eigenvalue weighted by Gasteiger charge is -2.28. The number of nitrogens with one attached hydrogen (secondary N) is 1. The first-order valence-corrected chi connectivity index (χ1v) is 12.6. The summed E-state index contributed by atoms with van der Waals surface area (Å²) in [6.07, 6.45) is 5.48. The Bertz CT molecular complexity index is 1100. The zero-order valence-electron chi connectivity index (χ0n) is 18.3. The van der Waals surface area contributed by atoms with Crippen LogP contribution in [0.5, 0.6) is 5.75 Å². The van der Waals surface area contributed by atoms with Gasteiger partial charge in [-0.25, -0.2) is 14.6 Å². The average Bonchev–Trinajstić information content (AvgIpc) is 3.22. The third-order valence-corrected chi connectivity index (χ3v) is 6.83. The Hall–Kier alpha value is -2.33. The van der Waals surface area contributed by atoms with Gasteiger partial charge in [0.05, 0.1) is 30.8 Å². The van der Waals surface area contributed by atoms with E-state index in [4.69, 9.17) is 14.7 Å². The summed E-state index contributed by atoms with van der Waals surface area (Å²) >= 11 is 5.07. The third-order valence-electron chi connectivity index (χ3n) is 5.41. The minimum absolute atomic E-state index is 0.168. The second-order valence-corrected chi connectivity index (χ2v) is 9.60. The van der Waals surface area contributed by atoms with Crippen LogP contribution in [0.3, 0.4) is 0 Å². The third kappa shape index (κ3) is 5.01. The van der Waals surface area contributed by atoms with Crippen LogP contribution in [-0.4, -0.2) is 58.2 Å². The Morgan fingerprint density at radius 3 is 2.81 bits per heavy atom. The Balaban J connectivity index is 1.52. The lowest BCUT2D eigenvalue weighted by atomic mass is 10.1. The van der Waals surface area contributed by atoms with Crippen molar-refractivity contribution in [1.29, 1.82) is 0 Å². The van der Waals surface area contributed by atoms with Crippen LogP contribution in [0.4, 0.5) is 5.82 Å². The van der Waals surface area contributed by atoms with E-state index >= 15 is 0 Å². The molecule has 8 nitrogen and oxygen atoms in total. The molecule has 0 bridgehead atoms. The smallest absolute Gasteiger partial charge is 0.252 e. The molecule has 0 spiro atoms. The molecule has 0 unspecified atom stereocenters. The number of aromatic nitrogens is 4. The molecule has 0 saturated carbocycles. The van der Waals surface area contributed by atoms with Crippen molar-refractivity contribution < 1.29 is 9.53 Å². The molecule has 1 aliphatic heterocycles. The first-order chi connectivity index (χ1) is 15.6. The topological polar surface area (TPSA) is 85.2 Å². The van der Waals surface area contributed by atoms with Crippen LogP contribution in [0.2, 0.25) is 0 Å².